The van der Waals surface area contributed by atoms with E-state index in [1.54, 1.807) is 25.1 Å². The lowest BCUT2D eigenvalue weighted by Gasteiger charge is -2.22. The van der Waals surface area contributed by atoms with E-state index >= 15 is 0 Å². The van der Waals surface area contributed by atoms with Gasteiger partial charge in [-0.3, -0.25) is 24.3 Å². The van der Waals surface area contributed by atoms with Crippen LogP contribution in [-0.4, -0.2) is 68.5 Å². The summed E-state index contributed by atoms with van der Waals surface area (Å²) >= 11 is 0. The molecule has 4 N–H and O–H groups in total. The maximum Gasteiger partial charge on any atom is 0.285 e. The van der Waals surface area contributed by atoms with E-state index in [2.05, 4.69) is 20.7 Å². The Bertz CT molecular complexity index is 1730. The minimum absolute atomic E-state index is 0.0786. The number of nitrogens with one attached hydrogen (secondary N) is 3. The van der Waals surface area contributed by atoms with Crippen LogP contribution in [0, 0.1) is 12.7 Å². The predicted octanol–water partition coefficient (Wildman–Crippen LogP) is 2.56. The number of phenolic OH excluding ortho intramolecular Hbond substituents is 1. The van der Waals surface area contributed by atoms with Crippen LogP contribution in [-0.2, 0) is 11.2 Å². The van der Waals surface area contributed by atoms with Crippen LogP contribution in [0.1, 0.15) is 51.2 Å². The molecule has 1 aliphatic rings. The van der Waals surface area contributed by atoms with E-state index in [1.165, 1.54) is 39.9 Å². The van der Waals surface area contributed by atoms with Crippen LogP contribution < -0.4 is 16.2 Å². The molecule has 0 saturated carbocycles. The normalized spacial score (nSPS) is 15.3. The number of aromatic nitrogens is 3. The SMILES string of the molecule is Cc1cc2ncc(C(=O)N3CCCNC(=O)c4ccc(F)c(c4)-c4cc(ccc4O)CCNC(=O)CCC3)c(=O)n2[nH]1. The molecule has 0 fully saturated rings. The number of hydrogen-bond acceptors (Lipinski definition) is 6. The molecule has 5 rings (SSSR count). The Labute approximate surface area is 240 Å². The van der Waals surface area contributed by atoms with Crippen molar-refractivity contribution < 1.29 is 23.9 Å². The minimum Gasteiger partial charge on any atom is -0.507 e. The lowest BCUT2D eigenvalue weighted by Crippen LogP contribution is -2.39. The molecule has 42 heavy (non-hydrogen) atoms. The Morgan fingerprint density at radius 1 is 0.952 bits per heavy atom. The molecule has 0 saturated heterocycles. The number of rotatable bonds is 1. The fourth-order valence-corrected chi connectivity index (χ4v) is 4.98. The third-order valence-corrected chi connectivity index (χ3v) is 7.18. The first kappa shape index (κ1) is 28.5. The fraction of sp³-hybridized carbons (Fsp3) is 0.300. The quantitative estimate of drug-likeness (QED) is 0.275. The largest absolute Gasteiger partial charge is 0.507 e. The number of benzene rings is 2. The zero-order valence-corrected chi connectivity index (χ0v) is 23.1. The summed E-state index contributed by atoms with van der Waals surface area (Å²) < 4.78 is 16.0. The lowest BCUT2D eigenvalue weighted by molar-refractivity contribution is -0.121. The molecule has 0 radical (unpaired) electrons. The van der Waals surface area contributed by atoms with Crippen molar-refractivity contribution in [2.75, 3.05) is 26.2 Å². The smallest absolute Gasteiger partial charge is 0.285 e. The monoisotopic (exact) mass is 574 g/mol. The Hall–Kier alpha value is -5.00. The topological polar surface area (TPSA) is 149 Å². The molecule has 3 heterocycles. The molecule has 0 aliphatic carbocycles. The number of halogens is 1. The average molecular weight is 575 g/mol. The summed E-state index contributed by atoms with van der Waals surface area (Å²) in [5.74, 6) is -1.88. The highest BCUT2D eigenvalue weighted by Gasteiger charge is 2.22. The Morgan fingerprint density at radius 3 is 2.60 bits per heavy atom. The summed E-state index contributed by atoms with van der Waals surface area (Å²) in [5.41, 5.74) is 1.78. The molecule has 0 unspecified atom stereocenters. The van der Waals surface area contributed by atoms with Crippen LogP contribution in [0.5, 0.6) is 5.75 Å². The number of carbonyl (C=O) groups is 3. The maximum absolute atomic E-state index is 14.8. The van der Waals surface area contributed by atoms with Crippen LogP contribution in [0.25, 0.3) is 16.8 Å². The molecule has 2 aromatic carbocycles. The molecule has 4 bridgehead atoms. The van der Waals surface area contributed by atoms with Crippen molar-refractivity contribution in [1.29, 1.82) is 0 Å². The van der Waals surface area contributed by atoms with E-state index in [0.717, 1.165) is 11.3 Å². The number of H-pyrrole nitrogens is 1. The standard InChI is InChI=1S/C30H31FN6O5/c1-18-14-26-34-17-23(30(42)37(26)35-18)29(41)36-12-2-4-27(39)32-11-9-19-5-8-25(38)22(15-19)21-16-20(6-7-24(21)31)28(40)33-10-3-13-36/h5-8,14-17,35,38H,2-4,9-13H2,1H3,(H,32,39)(H,33,40). The van der Waals surface area contributed by atoms with Gasteiger partial charge in [-0.2, -0.15) is 0 Å². The van der Waals surface area contributed by atoms with Gasteiger partial charge in [0.1, 0.15) is 17.1 Å². The van der Waals surface area contributed by atoms with Crippen molar-refractivity contribution in [3.63, 3.8) is 0 Å². The summed E-state index contributed by atoms with van der Waals surface area (Å²) in [6.45, 7) is 2.71. The third-order valence-electron chi connectivity index (χ3n) is 7.18. The van der Waals surface area contributed by atoms with Gasteiger partial charge in [0, 0.05) is 67.2 Å². The van der Waals surface area contributed by atoms with Crippen LogP contribution in [0.15, 0.2) is 53.5 Å². The zero-order chi connectivity index (χ0) is 29.8. The Morgan fingerprint density at radius 2 is 1.76 bits per heavy atom. The van der Waals surface area contributed by atoms with Gasteiger partial charge in [0.2, 0.25) is 5.91 Å². The first-order chi connectivity index (χ1) is 20.2. The number of aromatic hydroxyl groups is 1. The highest BCUT2D eigenvalue weighted by Crippen LogP contribution is 2.33. The third kappa shape index (κ3) is 6.17. The molecule has 11 nitrogen and oxygen atoms in total. The number of aromatic amines is 1. The van der Waals surface area contributed by atoms with Gasteiger partial charge in [0.05, 0.1) is 0 Å². The number of hydrogen-bond donors (Lipinski definition) is 4. The van der Waals surface area contributed by atoms with E-state index in [9.17, 15) is 28.7 Å². The van der Waals surface area contributed by atoms with Crippen LogP contribution in [0.3, 0.4) is 0 Å². The van der Waals surface area contributed by atoms with Crippen molar-refractivity contribution in [3.8, 4) is 16.9 Å². The van der Waals surface area contributed by atoms with Crippen LogP contribution in [0.2, 0.25) is 0 Å². The fourth-order valence-electron chi connectivity index (χ4n) is 4.98. The molecule has 1 aliphatic heterocycles. The van der Waals surface area contributed by atoms with Crippen molar-refractivity contribution >= 4 is 23.4 Å². The lowest BCUT2D eigenvalue weighted by atomic mass is 9.98. The molecule has 218 valence electrons. The second-order valence-electron chi connectivity index (χ2n) is 10.3. The van der Waals surface area contributed by atoms with E-state index in [0.29, 0.717) is 31.5 Å². The molecule has 0 atom stereocenters. The van der Waals surface area contributed by atoms with Gasteiger partial charge in [-0.25, -0.2) is 13.9 Å². The van der Waals surface area contributed by atoms with Crippen LogP contribution >= 0.6 is 0 Å². The predicted molar refractivity (Wildman–Crippen MR) is 153 cm³/mol. The van der Waals surface area contributed by atoms with Crippen molar-refractivity contribution in [1.82, 2.24) is 30.1 Å². The summed E-state index contributed by atoms with van der Waals surface area (Å²) in [7, 11) is 0. The van der Waals surface area contributed by atoms with Gasteiger partial charge < -0.3 is 20.6 Å². The van der Waals surface area contributed by atoms with Crippen LogP contribution in [0.4, 0.5) is 4.39 Å². The number of nitrogens with zero attached hydrogens (tertiary/aromatic N) is 3. The van der Waals surface area contributed by atoms with Gasteiger partial charge in [-0.05, 0) is 62.1 Å². The molecular weight excluding hydrogens is 543 g/mol. The van der Waals surface area contributed by atoms with E-state index in [-0.39, 0.29) is 60.0 Å². The highest BCUT2D eigenvalue weighted by molar-refractivity contribution is 5.96. The number of aryl methyl sites for hydroxylation is 1. The Balaban J connectivity index is 1.38. The molecule has 3 amide bonds. The van der Waals surface area contributed by atoms with E-state index in [4.69, 9.17) is 0 Å². The molecule has 12 heteroatoms. The van der Waals surface area contributed by atoms with E-state index < -0.39 is 23.2 Å². The first-order valence-corrected chi connectivity index (χ1v) is 13.7. The summed E-state index contributed by atoms with van der Waals surface area (Å²) in [6, 6.07) is 10.4. The molecular formula is C30H31FN6O5. The van der Waals surface area contributed by atoms with Gasteiger partial charge in [0.15, 0.2) is 5.65 Å². The van der Waals surface area contributed by atoms with Gasteiger partial charge in [-0.15, -0.1) is 0 Å². The van der Waals surface area contributed by atoms with Crippen molar-refractivity contribution in [2.45, 2.75) is 32.6 Å². The van der Waals surface area contributed by atoms with Gasteiger partial charge in [-0.1, -0.05) is 6.07 Å². The Kier molecular flexibility index (Phi) is 8.32. The number of phenols is 1. The molecule has 4 aromatic rings. The second kappa shape index (κ2) is 12.2. The summed E-state index contributed by atoms with van der Waals surface area (Å²) in [4.78, 5) is 57.6. The molecule has 2 aromatic heterocycles. The summed E-state index contributed by atoms with van der Waals surface area (Å²) in [6.07, 6.45) is 2.57. The summed E-state index contributed by atoms with van der Waals surface area (Å²) in [5, 5.41) is 18.9. The average Bonchev–Trinajstić information content (AvgIpc) is 3.36. The van der Waals surface area contributed by atoms with E-state index in [1.807, 2.05) is 0 Å². The van der Waals surface area contributed by atoms with Crippen molar-refractivity contribution in [2.24, 2.45) is 0 Å². The maximum atomic E-state index is 14.8. The van der Waals surface area contributed by atoms with Gasteiger partial charge in [0.25, 0.3) is 17.4 Å². The second-order valence-corrected chi connectivity index (χ2v) is 10.3. The van der Waals surface area contributed by atoms with Gasteiger partial charge >= 0.3 is 0 Å². The number of fused-ring (bicyclic) bond motifs is 6. The number of amides is 3. The zero-order valence-electron chi connectivity index (χ0n) is 23.1. The highest BCUT2D eigenvalue weighted by atomic mass is 19.1. The minimum atomic E-state index is -0.592. The van der Waals surface area contributed by atoms with Crippen molar-refractivity contribution in [3.05, 3.63) is 87.2 Å². The first-order valence-electron chi connectivity index (χ1n) is 13.7. The molecule has 0 spiro atoms. The number of carbonyl (C=O) groups excluding carboxylic acids is 3.